The molecule has 1 aliphatic carbocycles. The Morgan fingerprint density at radius 2 is 2.18 bits per heavy atom. The third-order valence-corrected chi connectivity index (χ3v) is 5.16. The highest BCUT2D eigenvalue weighted by Gasteiger charge is 2.48. The third kappa shape index (κ3) is 3.42. The number of hydrogen-bond acceptors (Lipinski definition) is 4. The molecule has 0 radical (unpaired) electrons. The van der Waals surface area contributed by atoms with Crippen LogP contribution in [-0.2, 0) is 14.6 Å². The molecule has 3 N–H and O–H groups in total. The molecule has 0 spiro atoms. The Morgan fingerprint density at radius 1 is 1.53 bits per heavy atom. The van der Waals surface area contributed by atoms with Gasteiger partial charge in [-0.3, -0.25) is 4.79 Å². The lowest BCUT2D eigenvalue weighted by Crippen LogP contribution is -2.56. The molecule has 0 aromatic carbocycles. The summed E-state index contributed by atoms with van der Waals surface area (Å²) >= 11 is 0. The van der Waals surface area contributed by atoms with Gasteiger partial charge in [-0.2, -0.15) is 0 Å². The maximum atomic E-state index is 11.8. The molecular formula is C11H22N2O3S. The smallest absolute Gasteiger partial charge is 0.219 e. The van der Waals surface area contributed by atoms with Gasteiger partial charge < -0.3 is 11.1 Å². The minimum atomic E-state index is -3.16. The summed E-state index contributed by atoms with van der Waals surface area (Å²) in [5.74, 6) is -0.441. The summed E-state index contributed by atoms with van der Waals surface area (Å²) in [6, 6.07) is 0. The normalized spacial score (nSPS) is 29.4. The van der Waals surface area contributed by atoms with Gasteiger partial charge in [0.05, 0.1) is 5.25 Å². The maximum Gasteiger partial charge on any atom is 0.219 e. The highest BCUT2D eigenvalue weighted by molar-refractivity contribution is 7.91. The van der Waals surface area contributed by atoms with Crippen molar-refractivity contribution in [2.75, 3.05) is 12.8 Å². The molecule has 0 bridgehead atoms. The van der Waals surface area contributed by atoms with Crippen LogP contribution in [0.3, 0.4) is 0 Å². The van der Waals surface area contributed by atoms with Crippen molar-refractivity contribution in [3.63, 3.8) is 0 Å². The topological polar surface area (TPSA) is 89.3 Å². The molecule has 1 amide bonds. The molecule has 1 aliphatic rings. The largest absolute Gasteiger partial charge is 0.370 e. The molecule has 17 heavy (non-hydrogen) atoms. The first-order valence-corrected chi connectivity index (χ1v) is 7.99. The number of primary amides is 1. The van der Waals surface area contributed by atoms with Gasteiger partial charge in [0, 0.05) is 18.2 Å². The molecule has 0 heterocycles. The molecule has 1 fully saturated rings. The van der Waals surface area contributed by atoms with Crippen molar-refractivity contribution in [3.8, 4) is 0 Å². The predicted molar refractivity (Wildman–Crippen MR) is 67.3 cm³/mol. The number of amides is 1. The molecule has 5 nitrogen and oxygen atoms in total. The van der Waals surface area contributed by atoms with E-state index in [2.05, 4.69) is 5.32 Å². The Hall–Kier alpha value is -0.620. The van der Waals surface area contributed by atoms with Crippen LogP contribution in [0.25, 0.3) is 0 Å². The Bertz CT molecular complexity index is 380. The van der Waals surface area contributed by atoms with Gasteiger partial charge in [-0.25, -0.2) is 8.42 Å². The number of nitrogens with one attached hydrogen (secondary N) is 1. The minimum Gasteiger partial charge on any atom is -0.370 e. The van der Waals surface area contributed by atoms with E-state index >= 15 is 0 Å². The van der Waals surface area contributed by atoms with Crippen LogP contribution in [-0.4, -0.2) is 37.9 Å². The Labute approximate surface area is 103 Å². The molecule has 2 atom stereocenters. The minimum absolute atomic E-state index is 0.102. The zero-order valence-corrected chi connectivity index (χ0v) is 11.3. The SMILES string of the molecule is CCCNC1(CC(N)=O)CCCC1S(C)(=O)=O. The Morgan fingerprint density at radius 3 is 2.65 bits per heavy atom. The first-order valence-electron chi connectivity index (χ1n) is 6.04. The number of sulfone groups is 1. The Kier molecular flexibility index (Phi) is 4.55. The number of nitrogens with two attached hydrogens (primary N) is 1. The standard InChI is InChI=1S/C11H22N2O3S/c1-3-7-13-11(8-10(12)14)6-4-5-9(11)17(2,15)16/h9,13H,3-8H2,1-2H3,(H2,12,14). The van der Waals surface area contributed by atoms with E-state index in [-0.39, 0.29) is 6.42 Å². The molecule has 1 saturated carbocycles. The summed E-state index contributed by atoms with van der Waals surface area (Å²) in [5.41, 5.74) is 4.62. The zero-order chi connectivity index (χ0) is 13.1. The summed E-state index contributed by atoms with van der Waals surface area (Å²) < 4.78 is 23.6. The van der Waals surface area contributed by atoms with Crippen molar-refractivity contribution in [1.29, 1.82) is 0 Å². The van der Waals surface area contributed by atoms with Crippen molar-refractivity contribution in [2.24, 2.45) is 5.73 Å². The van der Waals surface area contributed by atoms with Crippen LogP contribution in [0.2, 0.25) is 0 Å². The van der Waals surface area contributed by atoms with Crippen LogP contribution in [0, 0.1) is 0 Å². The van der Waals surface area contributed by atoms with Crippen molar-refractivity contribution >= 4 is 15.7 Å². The molecule has 0 saturated heterocycles. The van der Waals surface area contributed by atoms with Crippen LogP contribution in [0.15, 0.2) is 0 Å². The number of rotatable bonds is 6. The summed E-state index contributed by atoms with van der Waals surface area (Å²) in [6.45, 7) is 2.72. The van der Waals surface area contributed by atoms with E-state index in [0.29, 0.717) is 19.4 Å². The van der Waals surface area contributed by atoms with E-state index in [4.69, 9.17) is 5.73 Å². The molecule has 0 aliphatic heterocycles. The first-order chi connectivity index (χ1) is 7.82. The van der Waals surface area contributed by atoms with Crippen molar-refractivity contribution in [1.82, 2.24) is 5.32 Å². The van der Waals surface area contributed by atoms with Crippen LogP contribution in [0.1, 0.15) is 39.0 Å². The summed E-state index contributed by atoms with van der Waals surface area (Å²) in [7, 11) is -3.16. The fourth-order valence-electron chi connectivity index (χ4n) is 2.82. The number of carbonyl (C=O) groups is 1. The van der Waals surface area contributed by atoms with E-state index in [9.17, 15) is 13.2 Å². The van der Waals surface area contributed by atoms with Crippen LogP contribution >= 0.6 is 0 Å². The molecule has 2 unspecified atom stereocenters. The summed E-state index contributed by atoms with van der Waals surface area (Å²) in [5, 5.41) is 2.76. The van der Waals surface area contributed by atoms with Gasteiger partial charge in [0.2, 0.25) is 5.91 Å². The molecule has 0 aromatic rings. The van der Waals surface area contributed by atoms with E-state index in [1.807, 2.05) is 6.92 Å². The van der Waals surface area contributed by atoms with Gasteiger partial charge in [-0.15, -0.1) is 0 Å². The van der Waals surface area contributed by atoms with Gasteiger partial charge in [-0.1, -0.05) is 13.3 Å². The maximum absolute atomic E-state index is 11.8. The average Bonchev–Trinajstić information content (AvgIpc) is 2.57. The molecule has 6 heteroatoms. The lowest BCUT2D eigenvalue weighted by molar-refractivity contribution is -0.119. The fourth-order valence-corrected chi connectivity index (χ4v) is 4.51. The molecule has 0 aromatic heterocycles. The van der Waals surface area contributed by atoms with E-state index in [0.717, 1.165) is 12.8 Å². The zero-order valence-electron chi connectivity index (χ0n) is 10.5. The highest BCUT2D eigenvalue weighted by atomic mass is 32.2. The lowest BCUT2D eigenvalue weighted by Gasteiger charge is -2.34. The average molecular weight is 262 g/mol. The van der Waals surface area contributed by atoms with Crippen LogP contribution in [0.4, 0.5) is 0 Å². The summed E-state index contributed by atoms with van der Waals surface area (Å²) in [4.78, 5) is 11.2. The predicted octanol–water partition coefficient (Wildman–Crippen LogP) is 0.197. The van der Waals surface area contributed by atoms with Gasteiger partial charge in [0.15, 0.2) is 9.84 Å². The lowest BCUT2D eigenvalue weighted by atomic mass is 9.92. The van der Waals surface area contributed by atoms with Gasteiger partial charge in [-0.05, 0) is 25.8 Å². The third-order valence-electron chi connectivity index (χ3n) is 3.44. The molecule has 100 valence electrons. The number of hydrogen-bond donors (Lipinski definition) is 2. The number of carbonyl (C=O) groups excluding carboxylic acids is 1. The Balaban J connectivity index is 2.98. The van der Waals surface area contributed by atoms with Crippen molar-refractivity contribution < 1.29 is 13.2 Å². The molecule has 1 rings (SSSR count). The second-order valence-corrected chi connectivity index (χ2v) is 7.16. The second kappa shape index (κ2) is 5.35. The van der Waals surface area contributed by atoms with E-state index in [1.54, 1.807) is 0 Å². The van der Waals surface area contributed by atoms with Crippen molar-refractivity contribution in [3.05, 3.63) is 0 Å². The first kappa shape index (κ1) is 14.4. The van der Waals surface area contributed by atoms with Crippen LogP contribution in [0.5, 0.6) is 0 Å². The van der Waals surface area contributed by atoms with E-state index in [1.165, 1.54) is 6.26 Å². The van der Waals surface area contributed by atoms with Gasteiger partial charge in [0.1, 0.15) is 0 Å². The quantitative estimate of drug-likeness (QED) is 0.715. The van der Waals surface area contributed by atoms with Gasteiger partial charge >= 0.3 is 0 Å². The highest BCUT2D eigenvalue weighted by Crippen LogP contribution is 2.37. The van der Waals surface area contributed by atoms with E-state index < -0.39 is 26.5 Å². The summed E-state index contributed by atoms with van der Waals surface area (Å²) in [6.07, 6.45) is 4.38. The monoisotopic (exact) mass is 262 g/mol. The van der Waals surface area contributed by atoms with Crippen LogP contribution < -0.4 is 11.1 Å². The van der Waals surface area contributed by atoms with Gasteiger partial charge in [0.25, 0.3) is 0 Å². The molecular weight excluding hydrogens is 240 g/mol. The van der Waals surface area contributed by atoms with Crippen molar-refractivity contribution in [2.45, 2.75) is 49.8 Å². The second-order valence-electron chi connectivity index (χ2n) is 4.94. The fraction of sp³-hybridized carbons (Fsp3) is 0.909.